The van der Waals surface area contributed by atoms with E-state index in [1.807, 2.05) is 12.3 Å². The Bertz CT molecular complexity index is 384. The number of rotatable bonds is 0. The van der Waals surface area contributed by atoms with Crippen molar-refractivity contribution in [2.24, 2.45) is 0 Å². The first-order valence-electron chi connectivity index (χ1n) is 3.68. The average Bonchev–Trinajstić information content (AvgIpc) is 2.04. The summed E-state index contributed by atoms with van der Waals surface area (Å²) < 4.78 is 1.47. The zero-order chi connectivity index (χ0) is 7.68. The summed E-state index contributed by atoms with van der Waals surface area (Å²) in [6, 6.07) is 10.6. The molecule has 0 aliphatic heterocycles. The molecule has 0 atom stereocenters. The Morgan fingerprint density at radius 3 is 3.00 bits per heavy atom. The molecule has 0 spiro atoms. The summed E-state index contributed by atoms with van der Waals surface area (Å²) in [7, 11) is 0. The number of hydrogen-bond donors (Lipinski definition) is 0. The summed E-state index contributed by atoms with van der Waals surface area (Å²) in [5.41, 5.74) is 1.13. The van der Waals surface area contributed by atoms with Crippen molar-refractivity contribution < 1.29 is 0 Å². The minimum atomic E-state index is 0.605. The van der Waals surface area contributed by atoms with Crippen molar-refractivity contribution in [1.29, 1.82) is 0 Å². The molecule has 0 saturated heterocycles. The third kappa shape index (κ3) is 1.38. The summed E-state index contributed by atoms with van der Waals surface area (Å²) in [6.07, 6.45) is 1.84. The fourth-order valence-electron chi connectivity index (χ4n) is 1.18. The van der Waals surface area contributed by atoms with Gasteiger partial charge in [-0.1, -0.05) is 0 Å². The predicted molar refractivity (Wildman–Crippen MR) is 51.3 cm³/mol. The maximum absolute atomic E-state index is 4.28. The van der Waals surface area contributed by atoms with Crippen LogP contribution in [0.25, 0.3) is 10.9 Å². The molecule has 54 valence electrons. The van der Waals surface area contributed by atoms with Gasteiger partial charge in [0.25, 0.3) is 0 Å². The van der Waals surface area contributed by atoms with Gasteiger partial charge >= 0.3 is 78.5 Å². The molecule has 0 radical (unpaired) electrons. The van der Waals surface area contributed by atoms with Crippen LogP contribution in [0.3, 0.4) is 0 Å². The summed E-state index contributed by atoms with van der Waals surface area (Å²) in [4.78, 5) is 4.28. The van der Waals surface area contributed by atoms with Crippen LogP contribution in [0.2, 0.25) is 0 Å². The van der Waals surface area contributed by atoms with Crippen molar-refractivity contribution in [3.8, 4) is 0 Å². The first-order valence-corrected chi connectivity index (χ1v) is 6.53. The zero-order valence-electron chi connectivity index (χ0n) is 6.41. The van der Waals surface area contributed by atoms with Gasteiger partial charge in [0.1, 0.15) is 0 Å². The third-order valence-corrected chi connectivity index (χ3v) is 3.54. The van der Waals surface area contributed by atoms with Crippen LogP contribution in [-0.2, 0) is 0 Å². The Morgan fingerprint density at radius 2 is 2.09 bits per heavy atom. The number of nitrogens with zero attached hydrogens (tertiary/aromatic N) is 1. The molecule has 0 amide bonds. The molecular weight excluding hydrogens is 241 g/mol. The van der Waals surface area contributed by atoms with Crippen molar-refractivity contribution in [3.63, 3.8) is 0 Å². The van der Waals surface area contributed by atoms with Gasteiger partial charge in [-0.25, -0.2) is 0 Å². The Labute approximate surface area is 78.5 Å². The van der Waals surface area contributed by atoms with Gasteiger partial charge in [0.05, 0.1) is 0 Å². The van der Waals surface area contributed by atoms with E-state index in [-0.39, 0.29) is 0 Å². The predicted octanol–water partition coefficient (Wildman–Crippen LogP) is 0.225. The first kappa shape index (κ1) is 7.10. The van der Waals surface area contributed by atoms with Crippen LogP contribution in [-0.4, -0.2) is 27.5 Å². The van der Waals surface area contributed by atoms with Crippen LogP contribution in [0.1, 0.15) is 0 Å². The van der Waals surface area contributed by atoms with E-state index in [0.29, 0.717) is 22.5 Å². The van der Waals surface area contributed by atoms with Crippen LogP contribution in [0.15, 0.2) is 36.5 Å². The molecule has 0 fully saturated rings. The molecule has 1 heterocycles. The minimum absolute atomic E-state index is 0.605. The monoisotopic (exact) mass is 251 g/mol. The van der Waals surface area contributed by atoms with Gasteiger partial charge in [-0.3, -0.25) is 0 Å². The van der Waals surface area contributed by atoms with Gasteiger partial charge in [0, 0.05) is 0 Å². The van der Waals surface area contributed by atoms with E-state index in [9.17, 15) is 0 Å². The van der Waals surface area contributed by atoms with Gasteiger partial charge in [0.15, 0.2) is 0 Å². The van der Waals surface area contributed by atoms with E-state index in [1.54, 1.807) is 0 Å². The van der Waals surface area contributed by atoms with E-state index >= 15 is 0 Å². The topological polar surface area (TPSA) is 12.9 Å². The van der Waals surface area contributed by atoms with Crippen LogP contribution < -0.4 is 3.58 Å². The Balaban J connectivity index is 2.83. The fourth-order valence-corrected chi connectivity index (χ4v) is 2.43. The van der Waals surface area contributed by atoms with E-state index in [4.69, 9.17) is 0 Å². The van der Waals surface area contributed by atoms with Crippen LogP contribution in [0, 0.1) is 0 Å². The SMILES string of the molecule is [SnH3][c]1ccc2cccnc2c1. The molecule has 2 rings (SSSR count). The molecule has 2 aromatic rings. The molecular formula is C9H9NSn. The second-order valence-electron chi connectivity index (χ2n) is 2.70. The second kappa shape index (κ2) is 2.81. The fraction of sp³-hybridized carbons (Fsp3) is 0. The number of fused-ring (bicyclic) bond motifs is 1. The number of aromatic nitrogens is 1. The molecule has 11 heavy (non-hydrogen) atoms. The molecule has 1 aromatic carbocycles. The Hall–Kier alpha value is -0.571. The van der Waals surface area contributed by atoms with Crippen molar-refractivity contribution >= 4 is 37.0 Å². The van der Waals surface area contributed by atoms with Gasteiger partial charge in [-0.15, -0.1) is 0 Å². The van der Waals surface area contributed by atoms with E-state index < -0.39 is 0 Å². The summed E-state index contributed by atoms with van der Waals surface area (Å²) >= 11 is 0.605. The Morgan fingerprint density at radius 1 is 1.18 bits per heavy atom. The Kier molecular flexibility index (Phi) is 1.82. The molecule has 0 aliphatic carbocycles. The third-order valence-electron chi connectivity index (χ3n) is 1.76. The summed E-state index contributed by atoms with van der Waals surface area (Å²) in [5.74, 6) is 0. The van der Waals surface area contributed by atoms with Gasteiger partial charge in [-0.2, -0.15) is 0 Å². The average molecular weight is 250 g/mol. The normalized spacial score (nSPS) is 10.5. The molecule has 1 aromatic heterocycles. The molecule has 0 unspecified atom stereocenters. The summed E-state index contributed by atoms with van der Waals surface area (Å²) in [6.45, 7) is 0. The van der Waals surface area contributed by atoms with Crippen molar-refractivity contribution in [2.75, 3.05) is 0 Å². The van der Waals surface area contributed by atoms with E-state index in [0.717, 1.165) is 5.52 Å². The standard InChI is InChI=1S/C9H6N.Sn.3H/c1-2-6-9-8(4-1)5-3-7-10-9;;;;/h1,3-7H;;;;. The van der Waals surface area contributed by atoms with Gasteiger partial charge in [-0.05, 0) is 0 Å². The summed E-state index contributed by atoms with van der Waals surface area (Å²) in [5, 5.41) is 1.24. The molecule has 0 N–H and O–H groups in total. The maximum atomic E-state index is 4.28. The van der Waals surface area contributed by atoms with E-state index in [1.165, 1.54) is 8.97 Å². The van der Waals surface area contributed by atoms with E-state index in [2.05, 4.69) is 29.2 Å². The van der Waals surface area contributed by atoms with Crippen LogP contribution in [0.5, 0.6) is 0 Å². The van der Waals surface area contributed by atoms with Gasteiger partial charge in [0.2, 0.25) is 0 Å². The zero-order valence-corrected chi connectivity index (χ0v) is 12.1. The van der Waals surface area contributed by atoms with Crippen molar-refractivity contribution in [1.82, 2.24) is 4.98 Å². The van der Waals surface area contributed by atoms with Crippen LogP contribution in [0.4, 0.5) is 0 Å². The molecule has 0 aliphatic rings. The van der Waals surface area contributed by atoms with Crippen molar-refractivity contribution in [3.05, 3.63) is 36.5 Å². The number of hydrogen-bond acceptors (Lipinski definition) is 1. The quantitative estimate of drug-likeness (QED) is 0.609. The molecule has 0 saturated carbocycles. The first-order chi connectivity index (χ1) is 5.36. The second-order valence-corrected chi connectivity index (χ2v) is 6.00. The molecule has 1 nitrogen and oxygen atoms in total. The van der Waals surface area contributed by atoms with Gasteiger partial charge < -0.3 is 0 Å². The van der Waals surface area contributed by atoms with Crippen molar-refractivity contribution in [2.45, 2.75) is 0 Å². The number of benzene rings is 1. The molecule has 2 heteroatoms. The molecule has 0 bridgehead atoms. The van der Waals surface area contributed by atoms with Crippen LogP contribution >= 0.6 is 0 Å². The number of pyridine rings is 1.